The van der Waals surface area contributed by atoms with Crippen LogP contribution in [-0.4, -0.2) is 70.2 Å². The van der Waals surface area contributed by atoms with Crippen molar-refractivity contribution in [1.29, 1.82) is 0 Å². The highest BCUT2D eigenvalue weighted by atomic mass is 32.2. The highest BCUT2D eigenvalue weighted by Crippen LogP contribution is 2.36. The Morgan fingerprint density at radius 2 is 1.81 bits per heavy atom. The fourth-order valence-corrected chi connectivity index (χ4v) is 8.45. The molecular weight excluding hydrogens is 683 g/mol. The lowest BCUT2D eigenvalue weighted by Crippen LogP contribution is -2.34. The number of aryl methyl sites for hydroxylation is 1. The molecule has 9 nitrogen and oxygen atoms in total. The molecule has 1 fully saturated rings. The molecule has 3 aromatic carbocycles. The molecule has 2 aliphatic rings. The van der Waals surface area contributed by atoms with E-state index < -0.39 is 11.2 Å². The first-order valence-electron chi connectivity index (χ1n) is 19.4. The topological polar surface area (TPSA) is 100 Å². The normalized spacial score (nSPS) is 16.9. The van der Waals surface area contributed by atoms with Crippen molar-refractivity contribution in [3.05, 3.63) is 90.3 Å². The zero-order valence-corrected chi connectivity index (χ0v) is 32.0. The van der Waals surface area contributed by atoms with Gasteiger partial charge in [0, 0.05) is 51.2 Å². The number of aromatic nitrogens is 4. The molecule has 1 atom stereocenters. The summed E-state index contributed by atoms with van der Waals surface area (Å²) in [5, 5.41) is 0. The van der Waals surface area contributed by atoms with Gasteiger partial charge in [-0.05, 0) is 120 Å². The first-order chi connectivity index (χ1) is 26.1. The van der Waals surface area contributed by atoms with Gasteiger partial charge in [-0.25, -0.2) is 9.97 Å². The Morgan fingerprint density at radius 1 is 0.962 bits per heavy atom. The summed E-state index contributed by atoms with van der Waals surface area (Å²) in [6, 6.07) is 21.2. The molecule has 5 aromatic rings. The number of hydrogen-bond donors (Lipinski definition) is 1. The maximum Gasteiger partial charge on any atom is 0.155 e. The second-order valence-corrected chi connectivity index (χ2v) is 15.7. The van der Waals surface area contributed by atoms with E-state index in [0.717, 1.165) is 129 Å². The van der Waals surface area contributed by atoms with E-state index in [1.54, 1.807) is 0 Å². The van der Waals surface area contributed by atoms with Crippen molar-refractivity contribution in [3.63, 3.8) is 0 Å². The number of fused-ring (bicyclic) bond motifs is 2. The maximum absolute atomic E-state index is 13.5. The lowest BCUT2D eigenvalue weighted by Gasteiger charge is -2.33. The zero-order valence-electron chi connectivity index (χ0n) is 31.2. The van der Waals surface area contributed by atoms with Crippen molar-refractivity contribution in [2.24, 2.45) is 5.92 Å². The number of nitrogens with zero attached hydrogens (tertiary/aromatic N) is 4. The minimum Gasteiger partial charge on any atom is -0.611 e. The van der Waals surface area contributed by atoms with Crippen LogP contribution in [0.2, 0.25) is 0 Å². The van der Waals surface area contributed by atoms with E-state index in [-0.39, 0.29) is 0 Å². The first kappa shape index (κ1) is 37.2. The lowest BCUT2D eigenvalue weighted by molar-refractivity contribution is 0.0682. The van der Waals surface area contributed by atoms with Crippen molar-refractivity contribution >= 4 is 39.5 Å². The Bertz CT molecular complexity index is 1950. The van der Waals surface area contributed by atoms with Gasteiger partial charge in [-0.3, -0.25) is 0 Å². The standard InChI is InChI=1S/C43H53N5O4S/c1-3-5-20-50-23-24-52-38-11-8-33(9-12-38)34-10-15-42-36(25-34)26-35(7-6-19-47(42)29-32-16-21-51-22-17-32)43-45-40-14-13-39(27-41(40)46-43)53(49)30-37-28-44-31-48(37)18-4-2/h8-15,25-28,31-32H,3-7,16-24,29-30H2,1-2H3,(H,45,46)/b35-26+. The van der Waals surface area contributed by atoms with Crippen LogP contribution in [-0.2, 0) is 32.9 Å². The van der Waals surface area contributed by atoms with Crippen LogP contribution in [0.5, 0.6) is 5.75 Å². The van der Waals surface area contributed by atoms with Gasteiger partial charge in [0.25, 0.3) is 0 Å². The van der Waals surface area contributed by atoms with E-state index in [0.29, 0.717) is 24.9 Å². The molecule has 2 aliphatic heterocycles. The van der Waals surface area contributed by atoms with E-state index in [1.807, 2.05) is 42.9 Å². The molecule has 0 bridgehead atoms. The molecule has 1 unspecified atom stereocenters. The minimum absolute atomic E-state index is 0.432. The average molecular weight is 736 g/mol. The van der Waals surface area contributed by atoms with Crippen LogP contribution >= 0.6 is 0 Å². The van der Waals surface area contributed by atoms with Gasteiger partial charge in [-0.15, -0.1) is 0 Å². The van der Waals surface area contributed by atoms with Crippen LogP contribution in [0.3, 0.4) is 0 Å². The smallest absolute Gasteiger partial charge is 0.155 e. The van der Waals surface area contributed by atoms with Gasteiger partial charge in [0.1, 0.15) is 18.2 Å². The van der Waals surface area contributed by atoms with Crippen LogP contribution < -0.4 is 9.64 Å². The van der Waals surface area contributed by atoms with Crippen molar-refractivity contribution in [3.8, 4) is 16.9 Å². The summed E-state index contributed by atoms with van der Waals surface area (Å²) in [5.41, 5.74) is 8.72. The third-order valence-corrected chi connectivity index (χ3v) is 11.6. The third kappa shape index (κ3) is 9.54. The second-order valence-electron chi connectivity index (χ2n) is 14.2. The highest BCUT2D eigenvalue weighted by molar-refractivity contribution is 7.90. The Hall–Kier alpha value is -4.09. The number of H-pyrrole nitrogens is 1. The Morgan fingerprint density at radius 3 is 2.64 bits per heavy atom. The minimum atomic E-state index is -1.20. The number of aromatic amines is 1. The van der Waals surface area contributed by atoms with E-state index in [2.05, 4.69) is 69.7 Å². The predicted molar refractivity (Wildman–Crippen MR) is 215 cm³/mol. The van der Waals surface area contributed by atoms with Crippen molar-refractivity contribution in [2.45, 2.75) is 76.0 Å². The highest BCUT2D eigenvalue weighted by Gasteiger charge is 2.23. The molecule has 280 valence electrons. The largest absolute Gasteiger partial charge is 0.611 e. The van der Waals surface area contributed by atoms with Crippen molar-refractivity contribution in [2.75, 3.05) is 51.0 Å². The SMILES string of the molecule is CCCCOCCOc1ccc(-c2ccc3c(c2)/C=C(/c2nc4cc([S+]([O-])Cc5cncn5CCC)ccc4[nH]2)CCCN3CC2CCOCC2)cc1. The lowest BCUT2D eigenvalue weighted by atomic mass is 9.94. The molecule has 1 saturated heterocycles. The van der Waals surface area contributed by atoms with E-state index in [1.165, 1.54) is 16.8 Å². The first-order valence-corrected chi connectivity index (χ1v) is 20.8. The summed E-state index contributed by atoms with van der Waals surface area (Å²) < 4.78 is 32.9. The molecule has 1 N–H and O–H groups in total. The van der Waals surface area contributed by atoms with Crippen molar-refractivity contribution < 1.29 is 18.8 Å². The third-order valence-electron chi connectivity index (χ3n) is 10.3. The van der Waals surface area contributed by atoms with Crippen LogP contribution in [0.15, 0.2) is 78.1 Å². The monoisotopic (exact) mass is 735 g/mol. The molecule has 53 heavy (non-hydrogen) atoms. The Kier molecular flexibility index (Phi) is 12.9. The van der Waals surface area contributed by atoms with Gasteiger partial charge in [-0.1, -0.05) is 38.5 Å². The second kappa shape index (κ2) is 18.3. The fraction of sp³-hybridized carbons (Fsp3) is 0.442. The number of imidazole rings is 2. The zero-order chi connectivity index (χ0) is 36.4. The summed E-state index contributed by atoms with van der Waals surface area (Å²) in [6.07, 6.45) is 13.3. The molecular formula is C43H53N5O4S. The van der Waals surface area contributed by atoms with E-state index >= 15 is 0 Å². The maximum atomic E-state index is 13.5. The van der Waals surface area contributed by atoms with Gasteiger partial charge in [0.15, 0.2) is 10.6 Å². The number of rotatable bonds is 16. The number of allylic oxidation sites excluding steroid dienone is 1. The summed E-state index contributed by atoms with van der Waals surface area (Å²) in [4.78, 5) is 16.4. The number of hydrogen-bond acceptors (Lipinski definition) is 7. The number of anilines is 1. The average Bonchev–Trinajstić information content (AvgIpc) is 3.81. The number of ether oxygens (including phenoxy) is 3. The molecule has 4 heterocycles. The van der Waals surface area contributed by atoms with Crippen LogP contribution in [0.25, 0.3) is 33.8 Å². The molecule has 10 heteroatoms. The predicted octanol–water partition coefficient (Wildman–Crippen LogP) is 8.91. The number of unbranched alkanes of at least 4 members (excludes halogenated alkanes) is 1. The Balaban J connectivity index is 1.14. The summed E-state index contributed by atoms with van der Waals surface area (Å²) in [6.45, 7) is 10.8. The van der Waals surface area contributed by atoms with Crippen LogP contribution in [0.1, 0.15) is 75.9 Å². The summed E-state index contributed by atoms with van der Waals surface area (Å²) in [5.74, 6) is 2.79. The Labute approximate surface area is 317 Å². The summed E-state index contributed by atoms with van der Waals surface area (Å²) in [7, 11) is 0. The molecule has 2 aromatic heterocycles. The van der Waals surface area contributed by atoms with Gasteiger partial charge >= 0.3 is 0 Å². The van der Waals surface area contributed by atoms with E-state index in [4.69, 9.17) is 19.2 Å². The van der Waals surface area contributed by atoms with Gasteiger partial charge in [0.2, 0.25) is 0 Å². The van der Waals surface area contributed by atoms with Gasteiger partial charge in [-0.2, -0.15) is 0 Å². The summed E-state index contributed by atoms with van der Waals surface area (Å²) >= 11 is -1.20. The molecule has 0 saturated carbocycles. The van der Waals surface area contributed by atoms with Crippen molar-refractivity contribution in [1.82, 2.24) is 19.5 Å². The quantitative estimate of drug-likeness (QED) is 0.0798. The molecule has 0 spiro atoms. The van der Waals surface area contributed by atoms with Gasteiger partial charge in [0.05, 0.1) is 35.9 Å². The number of benzene rings is 3. The number of nitrogens with one attached hydrogen (secondary N) is 1. The van der Waals surface area contributed by atoms with E-state index in [9.17, 15) is 4.55 Å². The van der Waals surface area contributed by atoms with Gasteiger partial charge < -0.3 is 33.2 Å². The molecule has 0 radical (unpaired) electrons. The van der Waals surface area contributed by atoms with Crippen LogP contribution in [0, 0.1) is 5.92 Å². The fourth-order valence-electron chi connectivity index (χ4n) is 7.31. The molecule has 0 aliphatic carbocycles. The molecule has 0 amide bonds. The molecule has 7 rings (SSSR count). The van der Waals surface area contributed by atoms with Crippen LogP contribution in [0.4, 0.5) is 5.69 Å².